The molecule has 0 atom stereocenters. The van der Waals surface area contributed by atoms with Gasteiger partial charge >= 0.3 is 0 Å². The third kappa shape index (κ3) is 0.671. The Balaban J connectivity index is 2.43. The number of hydrogen-bond donors (Lipinski definition) is 0. The van der Waals surface area contributed by atoms with Gasteiger partial charge in [-0.05, 0) is 5.22 Å². The highest BCUT2D eigenvalue weighted by Gasteiger charge is 2.21. The van der Waals surface area contributed by atoms with Gasteiger partial charge < -0.3 is 0 Å². The molecule has 0 radical (unpaired) electrons. The van der Waals surface area contributed by atoms with E-state index in [1.165, 1.54) is 0 Å². The van der Waals surface area contributed by atoms with Gasteiger partial charge in [0.1, 0.15) is 5.71 Å². The van der Waals surface area contributed by atoms with Crippen molar-refractivity contribution in [3.63, 3.8) is 0 Å². The molecule has 50 valence electrons. The average Bonchev–Trinajstić information content (AvgIpc) is 2.33. The van der Waals surface area contributed by atoms with Crippen LogP contribution in [0.4, 0.5) is 0 Å². The molecule has 2 rings (SSSR count). The molecule has 0 N–H and O–H groups in total. The molecule has 0 aromatic heterocycles. The van der Waals surface area contributed by atoms with Crippen LogP contribution < -0.4 is 0 Å². The normalized spacial score (nSPS) is 22.2. The second-order valence-electron chi connectivity index (χ2n) is 2.07. The largest absolute Gasteiger partial charge is 0.273 e. The van der Waals surface area contributed by atoms with Gasteiger partial charge in [-0.2, -0.15) is 4.99 Å². The van der Waals surface area contributed by atoms with E-state index in [-0.39, 0.29) is 5.91 Å². The van der Waals surface area contributed by atoms with Gasteiger partial charge in [0.15, 0.2) is 0 Å². The Morgan fingerprint density at radius 3 is 3.10 bits per heavy atom. The number of aliphatic imine (C=N–C) groups is 1. The summed E-state index contributed by atoms with van der Waals surface area (Å²) in [5.41, 5.74) is 0.736. The lowest BCUT2D eigenvalue weighted by atomic mass is 10.1. The molecule has 0 aromatic rings. The molecule has 5 nitrogen and oxygen atoms in total. The molecule has 5 heteroatoms. The molecule has 0 bridgehead atoms. The van der Waals surface area contributed by atoms with Crippen molar-refractivity contribution in [1.29, 1.82) is 0 Å². The molecule has 2 heterocycles. The van der Waals surface area contributed by atoms with Crippen molar-refractivity contribution >= 4 is 17.5 Å². The summed E-state index contributed by atoms with van der Waals surface area (Å²) < 4.78 is 0. The van der Waals surface area contributed by atoms with Gasteiger partial charge in [-0.1, -0.05) is 0 Å². The zero-order valence-electron chi connectivity index (χ0n) is 5.11. The van der Waals surface area contributed by atoms with E-state index < -0.39 is 0 Å². The summed E-state index contributed by atoms with van der Waals surface area (Å²) in [5, 5.41) is 10.6. The average molecular weight is 136 g/mol. The second kappa shape index (κ2) is 1.80. The van der Waals surface area contributed by atoms with E-state index >= 15 is 0 Å². The van der Waals surface area contributed by atoms with Crippen LogP contribution in [0.1, 0.15) is 12.8 Å². The number of carbonyl (C=O) groups excluding carboxylic acids is 1. The Hall–Kier alpha value is -1.39. The van der Waals surface area contributed by atoms with Gasteiger partial charge in [-0.15, -0.1) is 10.2 Å². The molecule has 0 aliphatic carbocycles. The molecule has 0 saturated heterocycles. The van der Waals surface area contributed by atoms with Gasteiger partial charge in [0.05, 0.1) is 0 Å². The first-order chi connectivity index (χ1) is 4.86. The van der Waals surface area contributed by atoms with E-state index in [2.05, 4.69) is 20.4 Å². The maximum atomic E-state index is 10.7. The van der Waals surface area contributed by atoms with Crippen LogP contribution in [0.3, 0.4) is 0 Å². The second-order valence-corrected chi connectivity index (χ2v) is 2.07. The van der Waals surface area contributed by atoms with E-state index in [4.69, 9.17) is 0 Å². The highest BCUT2D eigenvalue weighted by Crippen LogP contribution is 2.11. The Labute approximate surface area is 56.6 Å². The van der Waals surface area contributed by atoms with Crippen LogP contribution in [0.2, 0.25) is 0 Å². The van der Waals surface area contributed by atoms with Crippen LogP contribution in [0.25, 0.3) is 0 Å². The minimum Gasteiger partial charge on any atom is -0.273 e. The fourth-order valence-electron chi connectivity index (χ4n) is 0.869. The molecule has 0 spiro atoms. The van der Waals surface area contributed by atoms with E-state index in [1.807, 2.05) is 0 Å². The number of fused-ring (bicyclic) bond motifs is 1. The number of amides is 1. The van der Waals surface area contributed by atoms with E-state index in [1.54, 1.807) is 0 Å². The molecule has 0 aromatic carbocycles. The lowest BCUT2D eigenvalue weighted by Crippen LogP contribution is -2.17. The monoisotopic (exact) mass is 136 g/mol. The van der Waals surface area contributed by atoms with Crippen LogP contribution >= 0.6 is 0 Å². The fraction of sp³-hybridized carbons (Fsp3) is 0.400. The van der Waals surface area contributed by atoms with Gasteiger partial charge in [-0.25, -0.2) is 0 Å². The summed E-state index contributed by atoms with van der Waals surface area (Å²) in [7, 11) is 0. The van der Waals surface area contributed by atoms with Gasteiger partial charge in [0, 0.05) is 12.8 Å². The summed E-state index contributed by atoms with van der Waals surface area (Å²) in [6, 6.07) is 0. The zero-order valence-corrected chi connectivity index (χ0v) is 5.11. The highest BCUT2D eigenvalue weighted by atomic mass is 16.1. The van der Waals surface area contributed by atoms with Crippen LogP contribution in [0.5, 0.6) is 0 Å². The molecule has 10 heavy (non-hydrogen) atoms. The zero-order chi connectivity index (χ0) is 6.97. The van der Waals surface area contributed by atoms with Gasteiger partial charge in [-0.3, -0.25) is 4.79 Å². The minimum atomic E-state index is -0.130. The summed E-state index contributed by atoms with van der Waals surface area (Å²) in [5.74, 6) is 0.269. The number of hydrogen-bond acceptors (Lipinski definition) is 4. The minimum absolute atomic E-state index is 0.130. The third-order valence-electron chi connectivity index (χ3n) is 1.37. The quantitative estimate of drug-likeness (QED) is 0.478. The number of amidine groups is 1. The standard InChI is InChI=1S/C5H4N4O/c10-4-2-1-3-5(6-4)8-9-7-3/h1-2H2. The topological polar surface area (TPSA) is 66.5 Å². The van der Waals surface area contributed by atoms with Crippen LogP contribution in [-0.2, 0) is 4.79 Å². The van der Waals surface area contributed by atoms with Crippen molar-refractivity contribution < 1.29 is 4.79 Å². The maximum Gasteiger partial charge on any atom is 0.248 e. The third-order valence-corrected chi connectivity index (χ3v) is 1.37. The summed E-state index contributed by atoms with van der Waals surface area (Å²) >= 11 is 0. The molecule has 2 aliphatic rings. The molecular weight excluding hydrogens is 132 g/mol. The lowest BCUT2D eigenvalue weighted by molar-refractivity contribution is -0.117. The first-order valence-corrected chi connectivity index (χ1v) is 2.96. The molecule has 2 aliphatic heterocycles. The van der Waals surface area contributed by atoms with Crippen molar-refractivity contribution in [1.82, 2.24) is 0 Å². The molecule has 0 fully saturated rings. The Bertz CT molecular complexity index is 275. The van der Waals surface area contributed by atoms with Crippen LogP contribution in [0, 0.1) is 0 Å². The van der Waals surface area contributed by atoms with Crippen molar-refractivity contribution in [3.05, 3.63) is 0 Å². The molecule has 0 unspecified atom stereocenters. The predicted molar refractivity (Wildman–Crippen MR) is 34.0 cm³/mol. The number of rotatable bonds is 0. The van der Waals surface area contributed by atoms with E-state index in [9.17, 15) is 4.79 Å². The van der Waals surface area contributed by atoms with Crippen molar-refractivity contribution in [3.8, 4) is 0 Å². The van der Waals surface area contributed by atoms with Gasteiger partial charge in [0.2, 0.25) is 11.7 Å². The van der Waals surface area contributed by atoms with Crippen LogP contribution in [-0.4, -0.2) is 17.5 Å². The highest BCUT2D eigenvalue weighted by molar-refractivity contribution is 6.45. The Kier molecular flexibility index (Phi) is 0.969. The number of nitrogens with zero attached hydrogens (tertiary/aromatic N) is 4. The fourth-order valence-corrected chi connectivity index (χ4v) is 0.869. The first kappa shape index (κ1) is 5.40. The van der Waals surface area contributed by atoms with Crippen molar-refractivity contribution in [2.45, 2.75) is 12.8 Å². The predicted octanol–water partition coefficient (Wildman–Crippen LogP) is 0.527. The summed E-state index contributed by atoms with van der Waals surface area (Å²) in [6.07, 6.45) is 1.07. The van der Waals surface area contributed by atoms with E-state index in [0.717, 1.165) is 5.71 Å². The van der Waals surface area contributed by atoms with Crippen molar-refractivity contribution in [2.24, 2.45) is 20.4 Å². The SMILES string of the molecule is O=C1CCC2=NN=NC2=N1. The first-order valence-electron chi connectivity index (χ1n) is 2.96. The van der Waals surface area contributed by atoms with Gasteiger partial charge in [0.25, 0.3) is 0 Å². The lowest BCUT2D eigenvalue weighted by Gasteiger charge is -2.02. The Morgan fingerprint density at radius 2 is 2.20 bits per heavy atom. The van der Waals surface area contributed by atoms with E-state index in [0.29, 0.717) is 18.7 Å². The summed E-state index contributed by atoms with van der Waals surface area (Å²) in [4.78, 5) is 14.3. The van der Waals surface area contributed by atoms with Crippen LogP contribution in [0.15, 0.2) is 20.4 Å². The molecular formula is C5H4N4O. The molecule has 1 amide bonds. The smallest absolute Gasteiger partial charge is 0.248 e. The maximum absolute atomic E-state index is 10.7. The molecule has 0 saturated carbocycles. The van der Waals surface area contributed by atoms with Crippen molar-refractivity contribution in [2.75, 3.05) is 0 Å². The summed E-state index contributed by atoms with van der Waals surface area (Å²) in [6.45, 7) is 0. The Morgan fingerprint density at radius 1 is 1.30 bits per heavy atom. The number of carbonyl (C=O) groups is 1.